The number of likely N-dealkylation sites (tertiary alicyclic amines) is 1. The highest BCUT2D eigenvalue weighted by molar-refractivity contribution is 5.73. The van der Waals surface area contributed by atoms with Crippen LogP contribution in [0.3, 0.4) is 0 Å². The molecule has 6 heteroatoms. The first-order valence-electron chi connectivity index (χ1n) is 7.86. The molecule has 0 unspecified atom stereocenters. The van der Waals surface area contributed by atoms with Gasteiger partial charge in [0.05, 0.1) is 6.54 Å². The number of aryl methyl sites for hydroxylation is 2. The van der Waals surface area contributed by atoms with E-state index in [0.29, 0.717) is 18.3 Å². The van der Waals surface area contributed by atoms with Crippen molar-refractivity contribution in [2.75, 3.05) is 13.1 Å². The van der Waals surface area contributed by atoms with Crippen molar-refractivity contribution in [3.8, 4) is 0 Å². The summed E-state index contributed by atoms with van der Waals surface area (Å²) in [5, 5.41) is 11.0. The molecule has 0 radical (unpaired) electrons. The van der Waals surface area contributed by atoms with Crippen LogP contribution in [-0.2, 0) is 11.3 Å². The lowest BCUT2D eigenvalue weighted by Gasteiger charge is -2.19. The van der Waals surface area contributed by atoms with Gasteiger partial charge in [-0.3, -0.25) is 9.69 Å². The molecular formula is C17H22N4O2. The largest absolute Gasteiger partial charge is 0.424 e. The lowest BCUT2D eigenvalue weighted by molar-refractivity contribution is -0.119. The third-order valence-electron chi connectivity index (χ3n) is 4.22. The van der Waals surface area contributed by atoms with Crippen molar-refractivity contribution in [2.45, 2.75) is 39.3 Å². The minimum absolute atomic E-state index is 0.00240. The first-order valence-corrected chi connectivity index (χ1v) is 7.86. The van der Waals surface area contributed by atoms with E-state index in [9.17, 15) is 4.79 Å². The molecule has 0 spiro atoms. The van der Waals surface area contributed by atoms with E-state index in [4.69, 9.17) is 4.42 Å². The summed E-state index contributed by atoms with van der Waals surface area (Å²) in [7, 11) is 0. The van der Waals surface area contributed by atoms with Gasteiger partial charge in [-0.15, -0.1) is 10.2 Å². The van der Waals surface area contributed by atoms with Crippen molar-refractivity contribution in [3.63, 3.8) is 0 Å². The maximum atomic E-state index is 11.5. The zero-order chi connectivity index (χ0) is 16.4. The fourth-order valence-corrected chi connectivity index (χ4v) is 3.17. The van der Waals surface area contributed by atoms with E-state index in [0.717, 1.165) is 13.1 Å². The second-order valence-corrected chi connectivity index (χ2v) is 6.23. The van der Waals surface area contributed by atoms with Gasteiger partial charge in [0.25, 0.3) is 0 Å². The van der Waals surface area contributed by atoms with Gasteiger partial charge in [0.15, 0.2) is 0 Å². The van der Waals surface area contributed by atoms with Crippen molar-refractivity contribution < 1.29 is 9.21 Å². The van der Waals surface area contributed by atoms with Gasteiger partial charge in [0.2, 0.25) is 17.7 Å². The molecule has 1 saturated heterocycles. The molecule has 3 rings (SSSR count). The summed E-state index contributed by atoms with van der Waals surface area (Å²) < 4.78 is 5.47. The molecule has 1 amide bonds. The van der Waals surface area contributed by atoms with Crippen molar-refractivity contribution in [3.05, 3.63) is 47.2 Å². The molecular weight excluding hydrogens is 292 g/mol. The lowest BCUT2D eigenvalue weighted by Crippen LogP contribution is -2.38. The molecule has 1 aliphatic rings. The van der Waals surface area contributed by atoms with Gasteiger partial charge in [-0.05, 0) is 12.5 Å². The van der Waals surface area contributed by atoms with E-state index in [-0.39, 0.29) is 17.9 Å². The van der Waals surface area contributed by atoms with E-state index in [1.54, 1.807) is 13.8 Å². The smallest absolute Gasteiger partial charge is 0.230 e. The van der Waals surface area contributed by atoms with Gasteiger partial charge in [0, 0.05) is 38.9 Å². The highest BCUT2D eigenvalue weighted by Gasteiger charge is 2.34. The molecule has 2 atom stereocenters. The topological polar surface area (TPSA) is 71.3 Å². The summed E-state index contributed by atoms with van der Waals surface area (Å²) in [5.41, 5.74) is 2.49. The predicted molar refractivity (Wildman–Crippen MR) is 85.8 cm³/mol. The first kappa shape index (κ1) is 15.7. The third-order valence-corrected chi connectivity index (χ3v) is 4.22. The molecule has 2 aromatic rings. The summed E-state index contributed by atoms with van der Waals surface area (Å²) in [6.07, 6.45) is 0. The average molecular weight is 314 g/mol. The van der Waals surface area contributed by atoms with Crippen molar-refractivity contribution >= 4 is 5.91 Å². The Kier molecular flexibility index (Phi) is 4.43. The fraction of sp³-hybridized carbons (Fsp3) is 0.471. The predicted octanol–water partition coefficient (Wildman–Crippen LogP) is 1.79. The number of hydrogen-bond acceptors (Lipinski definition) is 5. The van der Waals surface area contributed by atoms with Gasteiger partial charge in [0.1, 0.15) is 0 Å². The molecule has 0 saturated carbocycles. The number of rotatable bonds is 4. The third kappa shape index (κ3) is 3.76. The molecule has 0 aliphatic carbocycles. The Balaban J connectivity index is 1.75. The molecule has 1 aromatic heterocycles. The van der Waals surface area contributed by atoms with Crippen LogP contribution in [0.2, 0.25) is 0 Å². The molecule has 6 nitrogen and oxygen atoms in total. The van der Waals surface area contributed by atoms with E-state index in [1.165, 1.54) is 11.1 Å². The van der Waals surface area contributed by atoms with Crippen LogP contribution in [0.5, 0.6) is 0 Å². The number of nitrogens with one attached hydrogen (secondary N) is 1. The number of amides is 1. The Morgan fingerprint density at radius 2 is 2.00 bits per heavy atom. The first-order chi connectivity index (χ1) is 11.0. The van der Waals surface area contributed by atoms with E-state index >= 15 is 0 Å². The van der Waals surface area contributed by atoms with Crippen LogP contribution in [0.4, 0.5) is 0 Å². The Bertz CT molecular complexity index is 680. The highest BCUT2D eigenvalue weighted by atomic mass is 16.4. The molecule has 0 bridgehead atoms. The standard InChI is InChI=1S/C17H22N4O2/c1-11-4-6-14(7-5-11)15-8-21(9-16(15)18-12(2)22)10-17-20-19-13(3)23-17/h4-7,15-16H,8-10H2,1-3H3,(H,18,22)/t15-,16+/m0/s1. The van der Waals surface area contributed by atoms with Crippen molar-refractivity contribution in [1.82, 2.24) is 20.4 Å². The Morgan fingerprint density at radius 1 is 1.26 bits per heavy atom. The SMILES string of the molecule is CC(=O)N[C@@H]1CN(Cc2nnc(C)o2)C[C@H]1c1ccc(C)cc1. The van der Waals surface area contributed by atoms with Crippen molar-refractivity contribution in [1.29, 1.82) is 0 Å². The normalized spacial score (nSPS) is 21.5. The lowest BCUT2D eigenvalue weighted by atomic mass is 9.93. The van der Waals surface area contributed by atoms with Gasteiger partial charge in [-0.1, -0.05) is 29.8 Å². The summed E-state index contributed by atoms with van der Waals surface area (Å²) >= 11 is 0. The number of carbonyl (C=O) groups excluding carboxylic acids is 1. The van der Waals surface area contributed by atoms with Crippen LogP contribution in [-0.4, -0.2) is 40.1 Å². The van der Waals surface area contributed by atoms with E-state index in [2.05, 4.69) is 51.6 Å². The highest BCUT2D eigenvalue weighted by Crippen LogP contribution is 2.29. The second kappa shape index (κ2) is 6.50. The molecule has 2 heterocycles. The average Bonchev–Trinajstić information content (AvgIpc) is 3.06. The minimum Gasteiger partial charge on any atom is -0.424 e. The minimum atomic E-state index is 0.00240. The van der Waals surface area contributed by atoms with Crippen LogP contribution in [0.15, 0.2) is 28.7 Å². The Morgan fingerprint density at radius 3 is 2.61 bits per heavy atom. The second-order valence-electron chi connectivity index (χ2n) is 6.23. The van der Waals surface area contributed by atoms with Crippen LogP contribution in [0.1, 0.15) is 35.7 Å². The number of aromatic nitrogens is 2. The molecule has 122 valence electrons. The Labute approximate surface area is 135 Å². The number of nitrogens with zero attached hydrogens (tertiary/aromatic N) is 3. The number of carbonyl (C=O) groups is 1. The Hall–Kier alpha value is -2.21. The molecule has 1 N–H and O–H groups in total. The van der Waals surface area contributed by atoms with Gasteiger partial charge >= 0.3 is 0 Å². The fourth-order valence-electron chi connectivity index (χ4n) is 3.17. The van der Waals surface area contributed by atoms with E-state index in [1.807, 2.05) is 0 Å². The zero-order valence-corrected chi connectivity index (χ0v) is 13.7. The van der Waals surface area contributed by atoms with Gasteiger partial charge in [-0.25, -0.2) is 0 Å². The zero-order valence-electron chi connectivity index (χ0n) is 13.7. The quantitative estimate of drug-likeness (QED) is 0.931. The number of benzene rings is 1. The van der Waals surface area contributed by atoms with Gasteiger partial charge < -0.3 is 9.73 Å². The molecule has 23 heavy (non-hydrogen) atoms. The molecule has 1 aliphatic heterocycles. The van der Waals surface area contributed by atoms with E-state index < -0.39 is 0 Å². The van der Waals surface area contributed by atoms with Crippen LogP contribution in [0, 0.1) is 13.8 Å². The maximum Gasteiger partial charge on any atom is 0.230 e. The van der Waals surface area contributed by atoms with Crippen molar-refractivity contribution in [2.24, 2.45) is 0 Å². The maximum absolute atomic E-state index is 11.5. The van der Waals surface area contributed by atoms with Crippen LogP contribution >= 0.6 is 0 Å². The number of hydrogen-bond donors (Lipinski definition) is 1. The van der Waals surface area contributed by atoms with Gasteiger partial charge in [-0.2, -0.15) is 0 Å². The monoisotopic (exact) mass is 314 g/mol. The summed E-state index contributed by atoms with van der Waals surface area (Å²) in [6, 6.07) is 8.62. The molecule has 1 aromatic carbocycles. The molecule has 1 fully saturated rings. The summed E-state index contributed by atoms with van der Waals surface area (Å²) in [4.78, 5) is 13.8. The summed E-state index contributed by atoms with van der Waals surface area (Å²) in [6.45, 7) is 7.67. The summed E-state index contributed by atoms with van der Waals surface area (Å²) in [5.74, 6) is 1.47. The van der Waals surface area contributed by atoms with Crippen LogP contribution in [0.25, 0.3) is 0 Å². The van der Waals surface area contributed by atoms with Crippen LogP contribution < -0.4 is 5.32 Å².